The molecule has 1 aliphatic heterocycles. The van der Waals surface area contributed by atoms with E-state index in [9.17, 15) is 0 Å². The van der Waals surface area contributed by atoms with E-state index in [0.717, 1.165) is 25.8 Å². The first-order valence-electron chi connectivity index (χ1n) is 6.87. The summed E-state index contributed by atoms with van der Waals surface area (Å²) in [7, 11) is 2.04. The van der Waals surface area contributed by atoms with Crippen molar-refractivity contribution in [3.05, 3.63) is 35.9 Å². The van der Waals surface area contributed by atoms with E-state index >= 15 is 0 Å². The minimum absolute atomic E-state index is 0.720. The van der Waals surface area contributed by atoms with Gasteiger partial charge in [-0.15, -0.1) is 0 Å². The molecule has 100 valence electrons. The number of nitrogens with one attached hydrogen (secondary N) is 1. The van der Waals surface area contributed by atoms with Gasteiger partial charge in [0, 0.05) is 13.1 Å². The van der Waals surface area contributed by atoms with Crippen LogP contribution < -0.4 is 5.32 Å². The summed E-state index contributed by atoms with van der Waals surface area (Å²) in [5.74, 6) is 0.848. The Morgan fingerprint density at radius 1 is 1.22 bits per heavy atom. The quantitative estimate of drug-likeness (QED) is 0.834. The van der Waals surface area contributed by atoms with Gasteiger partial charge >= 0.3 is 0 Å². The van der Waals surface area contributed by atoms with Crippen LogP contribution in [0.2, 0.25) is 0 Å². The fraction of sp³-hybridized carbons (Fsp3) is 0.600. The van der Waals surface area contributed by atoms with E-state index in [-0.39, 0.29) is 0 Å². The second-order valence-corrected chi connectivity index (χ2v) is 5.08. The molecule has 1 heterocycles. The van der Waals surface area contributed by atoms with E-state index in [1.54, 1.807) is 0 Å². The molecule has 0 radical (unpaired) electrons. The van der Waals surface area contributed by atoms with E-state index in [2.05, 4.69) is 34.5 Å². The molecule has 0 atom stereocenters. The second-order valence-electron chi connectivity index (χ2n) is 5.08. The number of ether oxygens (including phenoxy) is 1. The number of likely N-dealkylation sites (tertiary alicyclic amines) is 1. The summed E-state index contributed by atoms with van der Waals surface area (Å²) in [5, 5.41) is 3.27. The number of nitrogens with zero attached hydrogens (tertiary/aromatic N) is 1. The first-order valence-corrected chi connectivity index (χ1v) is 6.87. The van der Waals surface area contributed by atoms with Gasteiger partial charge in [-0.25, -0.2) is 0 Å². The molecule has 0 aliphatic carbocycles. The Bertz CT molecular complexity index is 321. The highest BCUT2D eigenvalue weighted by atomic mass is 16.5. The fourth-order valence-electron chi connectivity index (χ4n) is 2.48. The Kier molecular flexibility index (Phi) is 5.65. The van der Waals surface area contributed by atoms with Crippen molar-refractivity contribution in [2.45, 2.75) is 19.4 Å². The van der Waals surface area contributed by atoms with Crippen LogP contribution in [-0.2, 0) is 11.3 Å². The van der Waals surface area contributed by atoms with E-state index in [1.807, 2.05) is 13.1 Å². The molecule has 1 fully saturated rings. The molecule has 2 rings (SSSR count). The molecule has 18 heavy (non-hydrogen) atoms. The summed E-state index contributed by atoms with van der Waals surface area (Å²) in [4.78, 5) is 2.41. The first-order chi connectivity index (χ1) is 8.88. The van der Waals surface area contributed by atoms with Crippen molar-refractivity contribution in [1.29, 1.82) is 0 Å². The SMILES string of the molecule is CNCC1CCN(COCc2ccccc2)CC1. The van der Waals surface area contributed by atoms with Crippen LogP contribution in [0.15, 0.2) is 30.3 Å². The summed E-state index contributed by atoms with van der Waals surface area (Å²) in [6.45, 7) is 4.97. The van der Waals surface area contributed by atoms with Gasteiger partial charge in [0.25, 0.3) is 0 Å². The van der Waals surface area contributed by atoms with Crippen LogP contribution in [0, 0.1) is 5.92 Å². The molecule has 3 heteroatoms. The Morgan fingerprint density at radius 2 is 1.94 bits per heavy atom. The minimum Gasteiger partial charge on any atom is -0.361 e. The van der Waals surface area contributed by atoms with Crippen LogP contribution in [0.4, 0.5) is 0 Å². The highest BCUT2D eigenvalue weighted by Crippen LogP contribution is 2.16. The van der Waals surface area contributed by atoms with Crippen molar-refractivity contribution in [3.63, 3.8) is 0 Å². The molecule has 1 aromatic carbocycles. The average Bonchev–Trinajstić information content (AvgIpc) is 2.42. The first kappa shape index (κ1) is 13.5. The Balaban J connectivity index is 1.61. The molecule has 0 amide bonds. The predicted molar refractivity (Wildman–Crippen MR) is 74.3 cm³/mol. The Morgan fingerprint density at radius 3 is 2.61 bits per heavy atom. The van der Waals surface area contributed by atoms with Gasteiger partial charge in [-0.2, -0.15) is 0 Å². The van der Waals surface area contributed by atoms with Crippen LogP contribution in [0.1, 0.15) is 18.4 Å². The maximum absolute atomic E-state index is 5.76. The van der Waals surface area contributed by atoms with Crippen molar-refractivity contribution in [1.82, 2.24) is 10.2 Å². The van der Waals surface area contributed by atoms with E-state index < -0.39 is 0 Å². The second kappa shape index (κ2) is 7.52. The number of hydrogen-bond donors (Lipinski definition) is 1. The van der Waals surface area contributed by atoms with Crippen LogP contribution in [-0.4, -0.2) is 38.3 Å². The zero-order valence-corrected chi connectivity index (χ0v) is 11.3. The van der Waals surface area contributed by atoms with E-state index in [0.29, 0.717) is 0 Å². The smallest absolute Gasteiger partial charge is 0.0994 e. The molecule has 1 saturated heterocycles. The molecule has 1 aliphatic rings. The summed E-state index contributed by atoms with van der Waals surface area (Å²) in [6, 6.07) is 10.4. The standard InChI is InChI=1S/C15H24N2O/c1-16-11-14-7-9-17(10-8-14)13-18-12-15-5-3-2-4-6-15/h2-6,14,16H,7-13H2,1H3. The number of rotatable bonds is 6. The number of piperidine rings is 1. The van der Waals surface area contributed by atoms with Gasteiger partial charge in [-0.3, -0.25) is 4.90 Å². The maximum atomic E-state index is 5.76. The van der Waals surface area contributed by atoms with Crippen molar-refractivity contribution in [2.75, 3.05) is 33.4 Å². The Hall–Kier alpha value is -0.900. The third-order valence-corrected chi connectivity index (χ3v) is 3.59. The zero-order chi connectivity index (χ0) is 12.6. The highest BCUT2D eigenvalue weighted by molar-refractivity contribution is 5.13. The normalized spacial score (nSPS) is 18.1. The van der Waals surface area contributed by atoms with Gasteiger partial charge in [0.1, 0.15) is 0 Å². The van der Waals surface area contributed by atoms with Gasteiger partial charge in [0.2, 0.25) is 0 Å². The molecule has 0 bridgehead atoms. The summed E-state index contributed by atoms with van der Waals surface area (Å²) in [6.07, 6.45) is 2.57. The van der Waals surface area contributed by atoms with Crippen molar-refractivity contribution in [2.24, 2.45) is 5.92 Å². The minimum atomic E-state index is 0.720. The maximum Gasteiger partial charge on any atom is 0.0994 e. The van der Waals surface area contributed by atoms with Crippen molar-refractivity contribution >= 4 is 0 Å². The van der Waals surface area contributed by atoms with Crippen molar-refractivity contribution < 1.29 is 4.74 Å². The third-order valence-electron chi connectivity index (χ3n) is 3.59. The molecule has 1 aromatic rings. The largest absolute Gasteiger partial charge is 0.361 e. The molecule has 3 nitrogen and oxygen atoms in total. The van der Waals surface area contributed by atoms with Gasteiger partial charge in [0.15, 0.2) is 0 Å². The van der Waals surface area contributed by atoms with Gasteiger partial charge in [-0.1, -0.05) is 30.3 Å². The number of hydrogen-bond acceptors (Lipinski definition) is 3. The highest BCUT2D eigenvalue weighted by Gasteiger charge is 2.18. The topological polar surface area (TPSA) is 24.5 Å². The van der Waals surface area contributed by atoms with Crippen LogP contribution >= 0.6 is 0 Å². The van der Waals surface area contributed by atoms with Crippen molar-refractivity contribution in [3.8, 4) is 0 Å². The lowest BCUT2D eigenvalue weighted by Crippen LogP contribution is -2.37. The zero-order valence-electron chi connectivity index (χ0n) is 11.3. The summed E-state index contributed by atoms with van der Waals surface area (Å²) >= 11 is 0. The molecule has 0 spiro atoms. The van der Waals surface area contributed by atoms with Gasteiger partial charge in [-0.05, 0) is 37.9 Å². The molecule has 0 aromatic heterocycles. The summed E-state index contributed by atoms with van der Waals surface area (Å²) < 4.78 is 5.76. The molecule has 0 saturated carbocycles. The van der Waals surface area contributed by atoms with Gasteiger partial charge < -0.3 is 10.1 Å². The van der Waals surface area contributed by atoms with E-state index in [4.69, 9.17) is 4.74 Å². The third kappa shape index (κ3) is 4.41. The van der Waals surface area contributed by atoms with Gasteiger partial charge in [0.05, 0.1) is 13.3 Å². The molecular weight excluding hydrogens is 224 g/mol. The molecule has 1 N–H and O–H groups in total. The number of benzene rings is 1. The van der Waals surface area contributed by atoms with Crippen LogP contribution in [0.25, 0.3) is 0 Å². The molecule has 0 unspecified atom stereocenters. The lowest BCUT2D eigenvalue weighted by Gasteiger charge is -2.31. The Labute approximate surface area is 110 Å². The van der Waals surface area contributed by atoms with E-state index in [1.165, 1.54) is 31.5 Å². The fourth-order valence-corrected chi connectivity index (χ4v) is 2.48. The lowest BCUT2D eigenvalue weighted by molar-refractivity contribution is 0.00236. The van der Waals surface area contributed by atoms with Crippen LogP contribution in [0.3, 0.4) is 0 Å². The van der Waals surface area contributed by atoms with Crippen LogP contribution in [0.5, 0.6) is 0 Å². The monoisotopic (exact) mass is 248 g/mol. The average molecular weight is 248 g/mol. The summed E-state index contributed by atoms with van der Waals surface area (Å²) in [5.41, 5.74) is 1.25. The molecular formula is C15H24N2O. The lowest BCUT2D eigenvalue weighted by atomic mass is 9.97. The predicted octanol–water partition coefficient (Wildman–Crippen LogP) is 2.09.